The average Bonchev–Trinajstić information content (AvgIpc) is 3.31. The van der Waals surface area contributed by atoms with Crippen molar-refractivity contribution in [2.75, 3.05) is 6.54 Å². The molecule has 2 aliphatic carbocycles. The zero-order valence-corrected chi connectivity index (χ0v) is 13.7. The summed E-state index contributed by atoms with van der Waals surface area (Å²) in [5.41, 5.74) is 0.874. The molecule has 1 unspecified atom stereocenters. The Morgan fingerprint density at radius 1 is 1.27 bits per heavy atom. The standard InChI is InChI=1S/C18H26N2O2/c1-17(2,3)22-16(21)20-18(9-10-18)12-19-15-11-14(15)13-7-5-4-6-8-13/h4-8,14-15,19H,9-12H2,1-3H3,(H,20,21)/t14?,15-/m0/s1. The second-order valence-electron chi connectivity index (χ2n) is 7.65. The van der Waals surface area contributed by atoms with Gasteiger partial charge in [-0.1, -0.05) is 30.3 Å². The van der Waals surface area contributed by atoms with E-state index in [4.69, 9.17) is 4.74 Å². The van der Waals surface area contributed by atoms with Gasteiger partial charge >= 0.3 is 6.09 Å². The first-order chi connectivity index (χ1) is 10.4. The largest absolute Gasteiger partial charge is 0.444 e. The van der Waals surface area contributed by atoms with Gasteiger partial charge < -0.3 is 15.4 Å². The molecule has 0 saturated heterocycles. The lowest BCUT2D eigenvalue weighted by atomic mass is 10.1. The van der Waals surface area contributed by atoms with Crippen LogP contribution in [0.25, 0.3) is 0 Å². The zero-order valence-electron chi connectivity index (χ0n) is 13.7. The van der Waals surface area contributed by atoms with Crippen molar-refractivity contribution in [1.82, 2.24) is 10.6 Å². The zero-order chi connectivity index (χ0) is 15.8. The molecule has 0 spiro atoms. The van der Waals surface area contributed by atoms with Gasteiger partial charge in [0.05, 0.1) is 5.54 Å². The van der Waals surface area contributed by atoms with Gasteiger partial charge in [-0.2, -0.15) is 0 Å². The van der Waals surface area contributed by atoms with Crippen LogP contribution >= 0.6 is 0 Å². The predicted molar refractivity (Wildman–Crippen MR) is 86.9 cm³/mol. The number of rotatable bonds is 5. The van der Waals surface area contributed by atoms with Crippen LogP contribution in [0.15, 0.2) is 30.3 Å². The first-order valence-corrected chi connectivity index (χ1v) is 8.16. The fourth-order valence-electron chi connectivity index (χ4n) is 2.83. The van der Waals surface area contributed by atoms with Crippen molar-refractivity contribution in [2.45, 2.75) is 63.1 Å². The summed E-state index contributed by atoms with van der Waals surface area (Å²) in [7, 11) is 0. The van der Waals surface area contributed by atoms with Crippen molar-refractivity contribution >= 4 is 6.09 Å². The van der Waals surface area contributed by atoms with Crippen molar-refractivity contribution in [3.8, 4) is 0 Å². The molecule has 0 radical (unpaired) electrons. The number of hydrogen-bond donors (Lipinski definition) is 2. The first-order valence-electron chi connectivity index (χ1n) is 8.16. The van der Waals surface area contributed by atoms with Crippen molar-refractivity contribution in [2.24, 2.45) is 0 Å². The fraction of sp³-hybridized carbons (Fsp3) is 0.611. The molecule has 0 aromatic heterocycles. The molecular weight excluding hydrogens is 276 g/mol. The molecule has 0 aliphatic heterocycles. The molecule has 2 N–H and O–H groups in total. The van der Waals surface area contributed by atoms with Crippen molar-refractivity contribution in [3.63, 3.8) is 0 Å². The monoisotopic (exact) mass is 302 g/mol. The second kappa shape index (κ2) is 5.58. The number of alkyl carbamates (subject to hydrolysis) is 1. The quantitative estimate of drug-likeness (QED) is 0.878. The van der Waals surface area contributed by atoms with Gasteiger partial charge in [-0.05, 0) is 45.6 Å². The number of carbonyl (C=O) groups is 1. The van der Waals surface area contributed by atoms with Crippen LogP contribution in [0.1, 0.15) is 51.5 Å². The normalized spacial score (nSPS) is 25.4. The minimum Gasteiger partial charge on any atom is -0.444 e. The summed E-state index contributed by atoms with van der Waals surface area (Å²) in [6, 6.07) is 11.2. The molecule has 2 atom stereocenters. The Morgan fingerprint density at radius 3 is 2.55 bits per heavy atom. The predicted octanol–water partition coefficient (Wildman–Crippen LogP) is 3.19. The fourth-order valence-corrected chi connectivity index (χ4v) is 2.83. The van der Waals surface area contributed by atoms with Crippen molar-refractivity contribution in [1.29, 1.82) is 0 Å². The average molecular weight is 302 g/mol. The molecule has 2 saturated carbocycles. The van der Waals surface area contributed by atoms with Gasteiger partial charge in [0.1, 0.15) is 5.60 Å². The van der Waals surface area contributed by atoms with E-state index in [1.807, 2.05) is 20.8 Å². The van der Waals surface area contributed by atoms with E-state index in [1.54, 1.807) is 0 Å². The number of benzene rings is 1. The van der Waals surface area contributed by atoms with E-state index < -0.39 is 5.60 Å². The van der Waals surface area contributed by atoms with Gasteiger partial charge in [-0.3, -0.25) is 0 Å². The van der Waals surface area contributed by atoms with Crippen molar-refractivity contribution < 1.29 is 9.53 Å². The molecule has 2 fully saturated rings. The molecule has 0 bridgehead atoms. The first kappa shape index (κ1) is 15.3. The third kappa shape index (κ3) is 4.01. The van der Waals surface area contributed by atoms with Gasteiger partial charge in [0.15, 0.2) is 0 Å². The molecule has 3 rings (SSSR count). The summed E-state index contributed by atoms with van der Waals surface area (Å²) in [5.74, 6) is 0.624. The minimum absolute atomic E-state index is 0.0911. The van der Waals surface area contributed by atoms with E-state index in [0.29, 0.717) is 12.0 Å². The van der Waals surface area contributed by atoms with Gasteiger partial charge in [-0.25, -0.2) is 4.79 Å². The summed E-state index contributed by atoms with van der Waals surface area (Å²) in [6.45, 7) is 6.50. The Morgan fingerprint density at radius 2 is 1.95 bits per heavy atom. The van der Waals surface area contributed by atoms with Crippen molar-refractivity contribution in [3.05, 3.63) is 35.9 Å². The highest BCUT2D eigenvalue weighted by molar-refractivity contribution is 5.69. The number of ether oxygens (including phenoxy) is 1. The third-order valence-electron chi connectivity index (χ3n) is 4.34. The van der Waals surface area contributed by atoms with E-state index in [0.717, 1.165) is 19.4 Å². The molecule has 2 aliphatic rings. The van der Waals surface area contributed by atoms with Crippen LogP contribution in [0.2, 0.25) is 0 Å². The molecule has 1 amide bonds. The lowest BCUT2D eigenvalue weighted by Gasteiger charge is -2.23. The van der Waals surface area contributed by atoms with Crippen LogP contribution in [0, 0.1) is 0 Å². The van der Waals surface area contributed by atoms with E-state index in [9.17, 15) is 4.79 Å². The molecular formula is C18H26N2O2. The van der Waals surface area contributed by atoms with E-state index in [-0.39, 0.29) is 11.6 Å². The van der Waals surface area contributed by atoms with Crippen LogP contribution in [0.4, 0.5) is 4.79 Å². The Kier molecular flexibility index (Phi) is 3.89. The SMILES string of the molecule is CC(C)(C)OC(=O)NC1(CN[C@H]2CC2c2ccccc2)CC1. The smallest absolute Gasteiger partial charge is 0.408 e. The molecule has 120 valence electrons. The molecule has 22 heavy (non-hydrogen) atoms. The number of amides is 1. The van der Waals surface area contributed by atoms with E-state index >= 15 is 0 Å². The van der Waals surface area contributed by atoms with Crippen LogP contribution < -0.4 is 10.6 Å². The Balaban J connectivity index is 1.44. The summed E-state index contributed by atoms with van der Waals surface area (Å²) in [4.78, 5) is 11.9. The van der Waals surface area contributed by atoms with Crippen LogP contribution in [0.3, 0.4) is 0 Å². The van der Waals surface area contributed by atoms with E-state index in [1.165, 1.54) is 12.0 Å². The highest BCUT2D eigenvalue weighted by Gasteiger charge is 2.47. The summed E-state index contributed by atoms with van der Waals surface area (Å²) >= 11 is 0. The number of carbonyl (C=O) groups excluding carboxylic acids is 1. The topological polar surface area (TPSA) is 50.4 Å². The van der Waals surface area contributed by atoms with E-state index in [2.05, 4.69) is 41.0 Å². The van der Waals surface area contributed by atoms with Gasteiger partial charge in [0, 0.05) is 18.5 Å². The Hall–Kier alpha value is -1.55. The highest BCUT2D eigenvalue weighted by atomic mass is 16.6. The third-order valence-corrected chi connectivity index (χ3v) is 4.34. The number of hydrogen-bond acceptors (Lipinski definition) is 3. The summed E-state index contributed by atoms with van der Waals surface area (Å²) < 4.78 is 5.35. The van der Waals surface area contributed by atoms with Gasteiger partial charge in [-0.15, -0.1) is 0 Å². The molecule has 4 nitrogen and oxygen atoms in total. The molecule has 1 aromatic rings. The lowest BCUT2D eigenvalue weighted by molar-refractivity contribution is 0.0496. The van der Waals surface area contributed by atoms with Gasteiger partial charge in [0.2, 0.25) is 0 Å². The maximum atomic E-state index is 11.9. The van der Waals surface area contributed by atoms with Crippen LogP contribution in [0.5, 0.6) is 0 Å². The van der Waals surface area contributed by atoms with Gasteiger partial charge in [0.25, 0.3) is 0 Å². The molecule has 4 heteroatoms. The molecule has 1 aromatic carbocycles. The van der Waals surface area contributed by atoms with Crippen LogP contribution in [-0.2, 0) is 4.74 Å². The summed E-state index contributed by atoms with van der Waals surface area (Å²) in [6.07, 6.45) is 2.94. The Labute approximate surface area is 132 Å². The second-order valence-corrected chi connectivity index (χ2v) is 7.65. The number of nitrogens with one attached hydrogen (secondary N) is 2. The van der Waals surface area contributed by atoms with Crippen LogP contribution in [-0.4, -0.2) is 29.8 Å². The minimum atomic E-state index is -0.442. The lowest BCUT2D eigenvalue weighted by Crippen LogP contribution is -2.46. The highest BCUT2D eigenvalue weighted by Crippen LogP contribution is 2.42. The summed E-state index contributed by atoms with van der Waals surface area (Å²) in [5, 5.41) is 6.64. The maximum Gasteiger partial charge on any atom is 0.408 e. The Bertz CT molecular complexity index is 532. The maximum absolute atomic E-state index is 11.9. The molecule has 0 heterocycles.